The first-order valence-electron chi connectivity index (χ1n) is 5.04. The highest BCUT2D eigenvalue weighted by Crippen LogP contribution is 2.37. The van der Waals surface area contributed by atoms with Crippen LogP contribution >= 0.6 is 0 Å². The number of rotatable bonds is 1. The summed E-state index contributed by atoms with van der Waals surface area (Å²) in [6.07, 6.45) is -1.35. The van der Waals surface area contributed by atoms with Gasteiger partial charge in [-0.2, -0.15) is 18.3 Å². The Labute approximate surface area is 86.1 Å². The molecule has 0 amide bonds. The highest BCUT2D eigenvalue weighted by atomic mass is 19.4. The molecule has 0 saturated heterocycles. The number of hydrogen-bond acceptors (Lipinski definition) is 1. The maximum atomic E-state index is 12.6. The molecule has 2 rings (SSSR count). The second-order valence-electron chi connectivity index (χ2n) is 4.09. The van der Waals surface area contributed by atoms with Crippen molar-refractivity contribution in [1.82, 2.24) is 9.78 Å². The van der Waals surface area contributed by atoms with Crippen LogP contribution in [0, 0.1) is 13.8 Å². The normalized spacial score (nSPS) is 17.9. The highest BCUT2D eigenvalue weighted by molar-refractivity contribution is 5.26. The smallest absolute Gasteiger partial charge is 0.266 e. The topological polar surface area (TPSA) is 17.8 Å². The summed E-state index contributed by atoms with van der Waals surface area (Å²) in [5.74, 6) is 0. The van der Waals surface area contributed by atoms with E-state index in [2.05, 4.69) is 5.10 Å². The van der Waals surface area contributed by atoms with E-state index in [4.69, 9.17) is 0 Å². The van der Waals surface area contributed by atoms with Gasteiger partial charge in [0.2, 0.25) is 0 Å². The van der Waals surface area contributed by atoms with Crippen LogP contribution in [0.1, 0.15) is 42.3 Å². The van der Waals surface area contributed by atoms with Gasteiger partial charge >= 0.3 is 6.18 Å². The molecule has 0 spiro atoms. The van der Waals surface area contributed by atoms with Crippen LogP contribution in [0.5, 0.6) is 0 Å². The monoisotopic (exact) mass is 218 g/mol. The van der Waals surface area contributed by atoms with Crippen LogP contribution in [0.3, 0.4) is 0 Å². The van der Waals surface area contributed by atoms with Crippen molar-refractivity contribution in [3.05, 3.63) is 17.0 Å². The minimum Gasteiger partial charge on any atom is -0.266 e. The van der Waals surface area contributed by atoms with Crippen LogP contribution in [0.25, 0.3) is 0 Å². The van der Waals surface area contributed by atoms with Crippen molar-refractivity contribution in [2.75, 3.05) is 0 Å². The van der Waals surface area contributed by atoms with E-state index in [0.29, 0.717) is 5.69 Å². The van der Waals surface area contributed by atoms with Gasteiger partial charge in [0, 0.05) is 11.3 Å². The average molecular weight is 218 g/mol. The maximum absolute atomic E-state index is 12.6. The Morgan fingerprint density at radius 2 is 1.87 bits per heavy atom. The van der Waals surface area contributed by atoms with Gasteiger partial charge in [-0.25, -0.2) is 0 Å². The number of nitrogens with zero attached hydrogens (tertiary/aromatic N) is 2. The molecule has 15 heavy (non-hydrogen) atoms. The van der Waals surface area contributed by atoms with E-state index in [1.54, 1.807) is 11.6 Å². The fourth-order valence-corrected chi connectivity index (χ4v) is 1.86. The van der Waals surface area contributed by atoms with E-state index in [9.17, 15) is 13.2 Å². The van der Waals surface area contributed by atoms with Crippen LogP contribution in [0.15, 0.2) is 0 Å². The fourth-order valence-electron chi connectivity index (χ4n) is 1.86. The van der Waals surface area contributed by atoms with Crippen LogP contribution in [0.4, 0.5) is 13.2 Å². The number of alkyl halides is 3. The predicted molar refractivity (Wildman–Crippen MR) is 49.6 cm³/mol. The minimum atomic E-state index is -4.33. The van der Waals surface area contributed by atoms with Crippen molar-refractivity contribution < 1.29 is 13.2 Å². The molecule has 5 heteroatoms. The molecule has 1 saturated carbocycles. The maximum Gasteiger partial charge on any atom is 0.435 e. The second-order valence-corrected chi connectivity index (χ2v) is 4.09. The second kappa shape index (κ2) is 3.25. The van der Waals surface area contributed by atoms with Gasteiger partial charge in [0.1, 0.15) is 0 Å². The molecule has 0 aromatic carbocycles. The Hall–Kier alpha value is -1.00. The zero-order valence-electron chi connectivity index (χ0n) is 8.73. The van der Waals surface area contributed by atoms with E-state index in [-0.39, 0.29) is 11.6 Å². The predicted octanol–water partition coefficient (Wildman–Crippen LogP) is 3.24. The van der Waals surface area contributed by atoms with Crippen LogP contribution < -0.4 is 0 Å². The lowest BCUT2D eigenvalue weighted by Crippen LogP contribution is -2.20. The number of hydrogen-bond donors (Lipinski definition) is 0. The standard InChI is InChI=1S/C10H13F3N2/c1-6-7(2)15(8-4-3-5-8)14-9(6)10(11,12)13/h8H,3-5H2,1-2H3. The molecular weight excluding hydrogens is 205 g/mol. The molecule has 1 aromatic rings. The van der Waals surface area contributed by atoms with Crippen molar-refractivity contribution in [3.8, 4) is 0 Å². The summed E-state index contributed by atoms with van der Waals surface area (Å²) in [5, 5.41) is 3.69. The number of aromatic nitrogens is 2. The molecule has 84 valence electrons. The van der Waals surface area contributed by atoms with Crippen LogP contribution in [-0.2, 0) is 6.18 Å². The van der Waals surface area contributed by atoms with Crippen LogP contribution in [-0.4, -0.2) is 9.78 Å². The largest absolute Gasteiger partial charge is 0.435 e. The summed E-state index contributed by atoms with van der Waals surface area (Å²) in [7, 11) is 0. The molecule has 0 bridgehead atoms. The minimum absolute atomic E-state index is 0.180. The molecule has 1 heterocycles. The molecule has 0 N–H and O–H groups in total. The summed E-state index contributed by atoms with van der Waals surface area (Å²) in [4.78, 5) is 0. The third-order valence-electron chi connectivity index (χ3n) is 3.14. The third-order valence-corrected chi connectivity index (χ3v) is 3.14. The van der Waals surface area contributed by atoms with Crippen molar-refractivity contribution in [2.45, 2.75) is 45.3 Å². The quantitative estimate of drug-likeness (QED) is 0.707. The Morgan fingerprint density at radius 1 is 1.27 bits per heavy atom. The number of halogens is 3. The van der Waals surface area contributed by atoms with Gasteiger partial charge in [0.05, 0.1) is 6.04 Å². The molecule has 0 unspecified atom stereocenters. The molecule has 1 fully saturated rings. The molecular formula is C10H13F3N2. The zero-order valence-corrected chi connectivity index (χ0v) is 8.73. The third kappa shape index (κ3) is 1.64. The SMILES string of the molecule is Cc1c(C(F)(F)F)nn(C2CCC2)c1C. The Morgan fingerprint density at radius 3 is 2.20 bits per heavy atom. The van der Waals surface area contributed by atoms with E-state index in [1.165, 1.54) is 6.92 Å². The van der Waals surface area contributed by atoms with E-state index in [0.717, 1.165) is 19.3 Å². The summed E-state index contributed by atoms with van der Waals surface area (Å²) in [6.45, 7) is 3.19. The first-order chi connectivity index (χ1) is 6.91. The van der Waals surface area contributed by atoms with E-state index in [1.807, 2.05) is 0 Å². The van der Waals surface area contributed by atoms with Crippen molar-refractivity contribution in [2.24, 2.45) is 0 Å². The Balaban J connectivity index is 2.41. The highest BCUT2D eigenvalue weighted by Gasteiger charge is 2.38. The molecule has 2 nitrogen and oxygen atoms in total. The van der Waals surface area contributed by atoms with Crippen molar-refractivity contribution >= 4 is 0 Å². The summed E-state index contributed by atoms with van der Waals surface area (Å²) >= 11 is 0. The molecule has 1 aromatic heterocycles. The lowest BCUT2D eigenvalue weighted by atomic mass is 9.93. The van der Waals surface area contributed by atoms with Crippen LogP contribution in [0.2, 0.25) is 0 Å². The first-order valence-corrected chi connectivity index (χ1v) is 5.04. The molecule has 0 atom stereocenters. The van der Waals surface area contributed by atoms with Gasteiger partial charge in [0.15, 0.2) is 5.69 Å². The molecule has 0 aliphatic heterocycles. The Kier molecular flexibility index (Phi) is 2.28. The van der Waals surface area contributed by atoms with Gasteiger partial charge in [-0.15, -0.1) is 0 Å². The van der Waals surface area contributed by atoms with Crippen molar-refractivity contribution in [1.29, 1.82) is 0 Å². The summed E-state index contributed by atoms with van der Waals surface area (Å²) in [5.41, 5.74) is 0.174. The van der Waals surface area contributed by atoms with Gasteiger partial charge in [-0.05, 0) is 33.1 Å². The average Bonchev–Trinajstić information content (AvgIpc) is 2.28. The lowest BCUT2D eigenvalue weighted by Gasteiger charge is -2.27. The van der Waals surface area contributed by atoms with Gasteiger partial charge < -0.3 is 0 Å². The lowest BCUT2D eigenvalue weighted by molar-refractivity contribution is -0.142. The fraction of sp³-hybridized carbons (Fsp3) is 0.700. The summed E-state index contributed by atoms with van der Waals surface area (Å²) < 4.78 is 39.2. The van der Waals surface area contributed by atoms with E-state index < -0.39 is 11.9 Å². The van der Waals surface area contributed by atoms with E-state index >= 15 is 0 Å². The Bertz CT molecular complexity index is 375. The first kappa shape index (κ1) is 10.5. The van der Waals surface area contributed by atoms with Crippen molar-refractivity contribution in [3.63, 3.8) is 0 Å². The van der Waals surface area contributed by atoms with Gasteiger partial charge in [0.25, 0.3) is 0 Å². The summed E-state index contributed by atoms with van der Waals surface area (Å²) in [6, 6.07) is 0.180. The molecule has 1 aliphatic carbocycles. The van der Waals surface area contributed by atoms with Gasteiger partial charge in [-0.1, -0.05) is 0 Å². The molecule has 1 aliphatic rings. The zero-order chi connectivity index (χ0) is 11.2. The molecule has 0 radical (unpaired) electrons. The van der Waals surface area contributed by atoms with Gasteiger partial charge in [-0.3, -0.25) is 4.68 Å².